The van der Waals surface area contributed by atoms with Gasteiger partial charge in [-0.05, 0) is 0 Å². The van der Waals surface area contributed by atoms with Crippen LogP contribution < -0.4 is 0 Å². The second-order valence-corrected chi connectivity index (χ2v) is 2.73. The summed E-state index contributed by atoms with van der Waals surface area (Å²) < 4.78 is 8.72. The summed E-state index contributed by atoms with van der Waals surface area (Å²) in [5.74, 6) is -1.24. The zero-order valence-electron chi connectivity index (χ0n) is 6.08. The maximum absolute atomic E-state index is 10.6. The molecule has 4 nitrogen and oxygen atoms in total. The Morgan fingerprint density at radius 1 is 1.36 bits per heavy atom. The van der Waals surface area contributed by atoms with Crippen molar-refractivity contribution < 1.29 is 19.4 Å². The van der Waals surface area contributed by atoms with Gasteiger partial charge in [-0.15, -0.1) is 0 Å². The minimum atomic E-state index is -0.675. The summed E-state index contributed by atoms with van der Waals surface area (Å²) in [6, 6.07) is 0. The molecule has 5 heteroatoms. The van der Waals surface area contributed by atoms with E-state index in [1.165, 1.54) is 14.2 Å². The zero-order chi connectivity index (χ0) is 8.85. The van der Waals surface area contributed by atoms with E-state index in [4.69, 9.17) is 0 Å². The van der Waals surface area contributed by atoms with Crippen LogP contribution in [0.5, 0.6) is 0 Å². The third-order valence-electron chi connectivity index (χ3n) is 0.785. The van der Waals surface area contributed by atoms with E-state index in [1.807, 2.05) is 0 Å². The van der Waals surface area contributed by atoms with Crippen molar-refractivity contribution in [2.24, 2.45) is 0 Å². The summed E-state index contributed by atoms with van der Waals surface area (Å²) >= 11 is 1.06. The van der Waals surface area contributed by atoms with Crippen molar-refractivity contribution in [3.05, 3.63) is 15.3 Å². The van der Waals surface area contributed by atoms with Crippen molar-refractivity contribution in [1.29, 1.82) is 0 Å². The van der Waals surface area contributed by atoms with Gasteiger partial charge in [0, 0.05) is 0 Å². The van der Waals surface area contributed by atoms with E-state index in [1.54, 1.807) is 0 Å². The van der Waals surface area contributed by atoms with Crippen LogP contribution in [-0.4, -0.2) is 42.5 Å². The molecule has 0 rings (SSSR count). The van der Waals surface area contributed by atoms with E-state index in [0.717, 1.165) is 22.3 Å². The second kappa shape index (κ2) is 5.09. The van der Waals surface area contributed by atoms with Crippen LogP contribution in [0.3, 0.4) is 0 Å². The van der Waals surface area contributed by atoms with Gasteiger partial charge in [0.25, 0.3) is 0 Å². The van der Waals surface area contributed by atoms with Gasteiger partial charge < -0.3 is 0 Å². The molecule has 0 aliphatic rings. The number of hydrogen-bond donors (Lipinski definition) is 0. The van der Waals surface area contributed by atoms with Gasteiger partial charge in [0.05, 0.1) is 0 Å². The Morgan fingerprint density at radius 3 is 2.27 bits per heavy atom. The van der Waals surface area contributed by atoms with Crippen molar-refractivity contribution in [2.45, 2.75) is 0 Å². The van der Waals surface area contributed by atoms with Crippen molar-refractivity contribution in [3.8, 4) is 0 Å². The summed E-state index contributed by atoms with van der Waals surface area (Å²) in [5, 5.41) is 10.5. The van der Waals surface area contributed by atoms with Gasteiger partial charge in [0.2, 0.25) is 0 Å². The Bertz CT molecular complexity index is 215. The van der Waals surface area contributed by atoms with Gasteiger partial charge in [0.15, 0.2) is 0 Å². The Kier molecular flexibility index (Phi) is 4.80. The van der Waals surface area contributed by atoms with Crippen LogP contribution >= 0.6 is 0 Å². The number of carbonyl (C=O) groups excluding carboxylic acids is 1. The van der Waals surface area contributed by atoms with E-state index in [2.05, 4.69) is 15.2 Å². The first-order valence-electron chi connectivity index (χ1n) is 2.61. The van der Waals surface area contributed by atoms with E-state index < -0.39 is 11.9 Å². The van der Waals surface area contributed by atoms with Crippen LogP contribution in [0.1, 0.15) is 0 Å². The summed E-state index contributed by atoms with van der Waals surface area (Å²) in [6.07, 6.45) is 0. The molecule has 0 atom stereocenters. The van der Waals surface area contributed by atoms with E-state index in [9.17, 15) is 9.90 Å². The molecule has 0 unspecified atom stereocenters. The van der Waals surface area contributed by atoms with Crippen molar-refractivity contribution in [2.75, 3.05) is 14.2 Å². The third kappa shape index (κ3) is 3.94. The van der Waals surface area contributed by atoms with Gasteiger partial charge in [-0.2, -0.15) is 0 Å². The molecule has 0 heterocycles. The zero-order valence-corrected chi connectivity index (χ0v) is 8.63. The monoisotopic (exact) mass is 273 g/mol. The first-order chi connectivity index (χ1) is 5.11. The molecule has 0 saturated carbocycles. The summed E-state index contributed by atoms with van der Waals surface area (Å²) in [5.41, 5.74) is 2.18. The molecule has 0 aromatic rings. The SMILES string of the molecule is COC(=O)C([TeH])=C=C([O])OC. The van der Waals surface area contributed by atoms with Crippen molar-refractivity contribution >= 4 is 28.3 Å². The molecule has 0 saturated heterocycles. The average molecular weight is 271 g/mol. The molecule has 0 bridgehead atoms. The van der Waals surface area contributed by atoms with Gasteiger partial charge in [-0.25, -0.2) is 0 Å². The molecule has 0 aromatic heterocycles. The maximum atomic E-state index is 10.6. The fourth-order valence-corrected chi connectivity index (χ4v) is 0.816. The number of hydrogen-bond acceptors (Lipinski definition) is 3. The number of ether oxygens (including phenoxy) is 2. The first-order valence-corrected chi connectivity index (χ1v) is 3.88. The summed E-state index contributed by atoms with van der Waals surface area (Å²) in [4.78, 5) is 10.6. The molecule has 11 heavy (non-hydrogen) atoms. The minimum absolute atomic E-state index is 0.147. The van der Waals surface area contributed by atoms with Gasteiger partial charge >= 0.3 is 77.2 Å². The van der Waals surface area contributed by atoms with Crippen LogP contribution in [0, 0.1) is 0 Å². The van der Waals surface area contributed by atoms with Gasteiger partial charge in [0.1, 0.15) is 0 Å². The standard InChI is InChI=1S/C6H7O4Te/c1-9-5(7)3-4(11)6(8)10-2/h11H,1-2H3. The molecule has 0 aromatic carbocycles. The van der Waals surface area contributed by atoms with Gasteiger partial charge in [-0.1, -0.05) is 0 Å². The Hall–Kier alpha value is -0.620. The normalized spacial score (nSPS) is 7.91. The summed E-state index contributed by atoms with van der Waals surface area (Å²) in [7, 11) is 2.45. The fraction of sp³-hybridized carbons (Fsp3) is 0.333. The molecule has 1 radical (unpaired) electrons. The van der Waals surface area contributed by atoms with Gasteiger partial charge in [-0.3, -0.25) is 0 Å². The van der Waals surface area contributed by atoms with E-state index in [0.29, 0.717) is 0 Å². The predicted octanol–water partition coefficient (Wildman–Crippen LogP) is -0.539. The van der Waals surface area contributed by atoms with Crippen LogP contribution in [0.2, 0.25) is 0 Å². The molecule has 0 aliphatic heterocycles. The molecule has 0 amide bonds. The van der Waals surface area contributed by atoms with E-state index in [-0.39, 0.29) is 3.62 Å². The van der Waals surface area contributed by atoms with Crippen molar-refractivity contribution in [3.63, 3.8) is 0 Å². The predicted molar refractivity (Wildman–Crippen MR) is 37.4 cm³/mol. The number of rotatable bonds is 2. The first kappa shape index (κ1) is 10.4. The van der Waals surface area contributed by atoms with Crippen LogP contribution in [0.4, 0.5) is 0 Å². The third-order valence-corrected chi connectivity index (χ3v) is 1.62. The van der Waals surface area contributed by atoms with Crippen LogP contribution in [0.15, 0.2) is 15.3 Å². The van der Waals surface area contributed by atoms with Crippen LogP contribution in [0.25, 0.3) is 0 Å². The number of methoxy groups -OCH3 is 2. The molecule has 61 valence electrons. The number of carbonyl (C=O) groups is 1. The topological polar surface area (TPSA) is 55.4 Å². The van der Waals surface area contributed by atoms with E-state index >= 15 is 0 Å². The molecule has 0 spiro atoms. The number of esters is 1. The molecule has 0 N–H and O–H groups in total. The van der Waals surface area contributed by atoms with Crippen LogP contribution in [-0.2, 0) is 19.4 Å². The molecule has 0 fully saturated rings. The quantitative estimate of drug-likeness (QED) is 0.223. The Morgan fingerprint density at radius 2 is 1.91 bits per heavy atom. The Balaban J connectivity index is 4.56. The molecular weight excluding hydrogens is 264 g/mol. The summed E-state index contributed by atoms with van der Waals surface area (Å²) in [6.45, 7) is 0. The Labute approximate surface area is 77.4 Å². The second-order valence-electron chi connectivity index (χ2n) is 1.46. The fourth-order valence-electron chi connectivity index (χ4n) is 0.295. The van der Waals surface area contributed by atoms with Crippen molar-refractivity contribution in [1.82, 2.24) is 0 Å². The molecule has 0 aliphatic carbocycles. The average Bonchev–Trinajstić information content (AvgIpc) is 2.02. The molecular formula is C6H7O4Te.